The summed E-state index contributed by atoms with van der Waals surface area (Å²) in [5, 5.41) is 7.62. The van der Waals surface area contributed by atoms with Gasteiger partial charge in [0.25, 0.3) is 0 Å². The summed E-state index contributed by atoms with van der Waals surface area (Å²) in [5.74, 6) is -0.341. The number of methoxy groups -OCH3 is 1. The summed E-state index contributed by atoms with van der Waals surface area (Å²) in [7, 11) is 1.63. The summed E-state index contributed by atoms with van der Waals surface area (Å²) in [6, 6.07) is -0.520. The molecule has 0 aromatic rings. The van der Waals surface area contributed by atoms with Gasteiger partial charge in [-0.25, -0.2) is 4.79 Å². The van der Waals surface area contributed by atoms with E-state index in [1.165, 1.54) is 6.08 Å². The van der Waals surface area contributed by atoms with Gasteiger partial charge in [-0.2, -0.15) is 0 Å². The lowest BCUT2D eigenvalue weighted by atomic mass is 10.3. The number of rotatable bonds is 10. The lowest BCUT2D eigenvalue weighted by Gasteiger charge is -2.33. The number of piperazine rings is 1. The smallest absolute Gasteiger partial charge is 0.321 e. The van der Waals surface area contributed by atoms with Gasteiger partial charge in [-0.3, -0.25) is 24.7 Å². The van der Waals surface area contributed by atoms with E-state index in [1.807, 2.05) is 4.90 Å². The van der Waals surface area contributed by atoms with Crippen molar-refractivity contribution < 1.29 is 19.1 Å². The van der Waals surface area contributed by atoms with Crippen molar-refractivity contribution in [3.63, 3.8) is 0 Å². The van der Waals surface area contributed by atoms with Crippen LogP contribution in [0.3, 0.4) is 0 Å². The molecule has 1 rings (SSSR count). The molecule has 0 unspecified atom stereocenters. The molecule has 0 saturated carbocycles. The Morgan fingerprint density at radius 2 is 1.64 bits per heavy atom. The van der Waals surface area contributed by atoms with Crippen molar-refractivity contribution in [3.05, 3.63) is 12.7 Å². The zero-order valence-electron chi connectivity index (χ0n) is 14.9. The number of imide groups is 1. The topological polar surface area (TPSA) is 103 Å². The standard InChI is InChI=1S/C16H29N5O4/c1-3-5-18-16(24)19-15(23)13-21-9-7-20(8-10-21)12-14(22)17-6-4-11-25-2/h3H,1,4-13H2,2H3,(H,17,22)(H2,18,19,23,24). The first kappa shape index (κ1) is 21.1. The van der Waals surface area contributed by atoms with Crippen LogP contribution in [0.4, 0.5) is 4.79 Å². The number of nitrogens with zero attached hydrogens (tertiary/aromatic N) is 2. The molecule has 9 heteroatoms. The zero-order chi connectivity index (χ0) is 18.5. The van der Waals surface area contributed by atoms with Gasteiger partial charge in [0.2, 0.25) is 11.8 Å². The van der Waals surface area contributed by atoms with E-state index in [1.54, 1.807) is 7.11 Å². The van der Waals surface area contributed by atoms with Crippen LogP contribution in [0, 0.1) is 0 Å². The Morgan fingerprint density at radius 3 is 2.20 bits per heavy atom. The van der Waals surface area contributed by atoms with Crippen molar-refractivity contribution in [2.45, 2.75) is 6.42 Å². The molecule has 9 nitrogen and oxygen atoms in total. The highest BCUT2D eigenvalue weighted by molar-refractivity contribution is 5.95. The van der Waals surface area contributed by atoms with Gasteiger partial charge < -0.3 is 15.4 Å². The highest BCUT2D eigenvalue weighted by atomic mass is 16.5. The van der Waals surface area contributed by atoms with Gasteiger partial charge >= 0.3 is 6.03 Å². The van der Waals surface area contributed by atoms with Crippen LogP contribution in [0.15, 0.2) is 12.7 Å². The quantitative estimate of drug-likeness (QED) is 0.335. The van der Waals surface area contributed by atoms with Crippen LogP contribution >= 0.6 is 0 Å². The Labute approximate surface area is 148 Å². The van der Waals surface area contributed by atoms with E-state index in [0.717, 1.165) is 6.42 Å². The van der Waals surface area contributed by atoms with Gasteiger partial charge in [0, 0.05) is 53.0 Å². The average Bonchev–Trinajstić information content (AvgIpc) is 2.58. The fourth-order valence-electron chi connectivity index (χ4n) is 2.39. The second-order valence-corrected chi connectivity index (χ2v) is 5.80. The first-order chi connectivity index (χ1) is 12.0. The monoisotopic (exact) mass is 355 g/mol. The number of amides is 4. The molecule has 1 heterocycles. The summed E-state index contributed by atoms with van der Waals surface area (Å²) in [6.07, 6.45) is 2.34. The molecule has 0 atom stereocenters. The summed E-state index contributed by atoms with van der Waals surface area (Å²) in [5.41, 5.74) is 0. The predicted molar refractivity (Wildman–Crippen MR) is 94.1 cm³/mol. The number of hydrogen-bond donors (Lipinski definition) is 3. The van der Waals surface area contributed by atoms with Gasteiger partial charge in [0.05, 0.1) is 13.1 Å². The van der Waals surface area contributed by atoms with Crippen molar-refractivity contribution in [1.82, 2.24) is 25.8 Å². The first-order valence-electron chi connectivity index (χ1n) is 8.44. The highest BCUT2D eigenvalue weighted by Crippen LogP contribution is 2.01. The summed E-state index contributed by atoms with van der Waals surface area (Å²) >= 11 is 0. The molecule has 1 aliphatic rings. The maximum atomic E-state index is 11.8. The summed E-state index contributed by atoms with van der Waals surface area (Å²) in [6.45, 7) is 8.34. The van der Waals surface area contributed by atoms with E-state index >= 15 is 0 Å². The van der Waals surface area contributed by atoms with E-state index in [9.17, 15) is 14.4 Å². The van der Waals surface area contributed by atoms with Gasteiger partial charge in [-0.05, 0) is 6.42 Å². The molecule has 0 aromatic carbocycles. The molecule has 3 N–H and O–H groups in total. The minimum atomic E-state index is -0.520. The van der Waals surface area contributed by atoms with Crippen molar-refractivity contribution in [1.29, 1.82) is 0 Å². The van der Waals surface area contributed by atoms with Crippen LogP contribution in [-0.4, -0.2) is 93.7 Å². The van der Waals surface area contributed by atoms with Gasteiger partial charge in [0.15, 0.2) is 0 Å². The number of urea groups is 1. The molecule has 0 radical (unpaired) electrons. The number of ether oxygens (including phenoxy) is 1. The van der Waals surface area contributed by atoms with E-state index in [-0.39, 0.29) is 18.4 Å². The molecule has 0 bridgehead atoms. The molecular weight excluding hydrogens is 326 g/mol. The average molecular weight is 355 g/mol. The van der Waals surface area contributed by atoms with Crippen LogP contribution < -0.4 is 16.0 Å². The molecular formula is C16H29N5O4. The first-order valence-corrected chi connectivity index (χ1v) is 8.44. The van der Waals surface area contributed by atoms with E-state index < -0.39 is 6.03 Å². The molecule has 1 fully saturated rings. The van der Waals surface area contributed by atoms with Gasteiger partial charge in [-0.15, -0.1) is 6.58 Å². The Hall–Kier alpha value is -1.97. The number of hydrogen-bond acceptors (Lipinski definition) is 6. The summed E-state index contributed by atoms with van der Waals surface area (Å²) in [4.78, 5) is 39.0. The molecule has 0 aromatic heterocycles. The third kappa shape index (κ3) is 9.80. The fourth-order valence-corrected chi connectivity index (χ4v) is 2.39. The van der Waals surface area contributed by atoms with E-state index in [0.29, 0.717) is 52.4 Å². The predicted octanol–water partition coefficient (Wildman–Crippen LogP) is -1.23. The molecule has 4 amide bonds. The van der Waals surface area contributed by atoms with Crippen LogP contribution in [0.1, 0.15) is 6.42 Å². The second kappa shape index (κ2) is 12.4. The zero-order valence-corrected chi connectivity index (χ0v) is 14.9. The highest BCUT2D eigenvalue weighted by Gasteiger charge is 2.21. The number of carbonyl (C=O) groups excluding carboxylic acids is 3. The van der Waals surface area contributed by atoms with Crippen molar-refractivity contribution >= 4 is 17.8 Å². The van der Waals surface area contributed by atoms with Crippen LogP contribution in [0.2, 0.25) is 0 Å². The largest absolute Gasteiger partial charge is 0.385 e. The molecule has 1 saturated heterocycles. The van der Waals surface area contributed by atoms with Crippen LogP contribution in [0.5, 0.6) is 0 Å². The normalized spacial score (nSPS) is 15.4. The minimum Gasteiger partial charge on any atom is -0.385 e. The SMILES string of the molecule is C=CCNC(=O)NC(=O)CN1CCN(CC(=O)NCCCOC)CC1. The number of nitrogens with one attached hydrogen (secondary N) is 3. The number of carbonyl (C=O) groups is 3. The van der Waals surface area contributed by atoms with E-state index in [4.69, 9.17) is 4.74 Å². The van der Waals surface area contributed by atoms with Gasteiger partial charge in [0.1, 0.15) is 0 Å². The van der Waals surface area contributed by atoms with Crippen molar-refractivity contribution in [3.8, 4) is 0 Å². The lowest BCUT2D eigenvalue weighted by molar-refractivity contribution is -0.124. The minimum absolute atomic E-state index is 0.00110. The van der Waals surface area contributed by atoms with Crippen LogP contribution in [-0.2, 0) is 14.3 Å². The Morgan fingerprint density at radius 1 is 1.04 bits per heavy atom. The molecule has 1 aliphatic heterocycles. The molecule has 0 spiro atoms. The van der Waals surface area contributed by atoms with Crippen molar-refractivity contribution in [2.24, 2.45) is 0 Å². The Kier molecular flexibility index (Phi) is 10.5. The van der Waals surface area contributed by atoms with Crippen LogP contribution in [0.25, 0.3) is 0 Å². The third-order valence-corrected chi connectivity index (χ3v) is 3.71. The summed E-state index contributed by atoms with van der Waals surface area (Å²) < 4.78 is 4.93. The maximum absolute atomic E-state index is 11.8. The lowest BCUT2D eigenvalue weighted by Crippen LogP contribution is -2.52. The van der Waals surface area contributed by atoms with Crippen molar-refractivity contribution in [2.75, 3.05) is 66.1 Å². The van der Waals surface area contributed by atoms with Gasteiger partial charge in [-0.1, -0.05) is 6.08 Å². The second-order valence-electron chi connectivity index (χ2n) is 5.80. The third-order valence-electron chi connectivity index (χ3n) is 3.71. The fraction of sp³-hybridized carbons (Fsp3) is 0.688. The maximum Gasteiger partial charge on any atom is 0.321 e. The Balaban J connectivity index is 2.16. The Bertz CT molecular complexity index is 450. The molecule has 142 valence electrons. The van der Waals surface area contributed by atoms with E-state index in [2.05, 4.69) is 27.4 Å². The molecule has 25 heavy (non-hydrogen) atoms. The molecule has 0 aliphatic carbocycles.